The lowest BCUT2D eigenvalue weighted by Gasteiger charge is -2.17. The highest BCUT2D eigenvalue weighted by Gasteiger charge is 2.12. The number of rotatable bonds is 5. The Morgan fingerprint density at radius 2 is 1.81 bits per heavy atom. The van der Waals surface area contributed by atoms with Gasteiger partial charge in [-0.2, -0.15) is 0 Å². The molecule has 0 spiro atoms. The molecule has 0 amide bonds. The van der Waals surface area contributed by atoms with Gasteiger partial charge in [0.25, 0.3) is 0 Å². The van der Waals surface area contributed by atoms with E-state index in [1.807, 2.05) is 30.3 Å². The second-order valence-corrected chi connectivity index (χ2v) is 5.32. The normalized spacial score (nSPS) is 11.2. The molecule has 0 saturated carbocycles. The first-order chi connectivity index (χ1) is 7.47. The lowest BCUT2D eigenvalue weighted by atomic mass is 9.89. The van der Waals surface area contributed by atoms with Crippen molar-refractivity contribution in [2.24, 2.45) is 5.41 Å². The van der Waals surface area contributed by atoms with Crippen molar-refractivity contribution in [3.8, 4) is 0 Å². The lowest BCUT2D eigenvalue weighted by Crippen LogP contribution is -2.16. The average molecular weight is 219 g/mol. The standard InChI is InChI=1S/C14H21NO/c1-14(2,3)10-9-13(16)11-15-12-7-5-4-6-8-12/h4-8,15H,9-11H2,1-3H3. The summed E-state index contributed by atoms with van der Waals surface area (Å²) in [5.74, 6) is 0.277. The molecule has 0 aliphatic carbocycles. The second-order valence-electron chi connectivity index (χ2n) is 5.32. The Morgan fingerprint density at radius 3 is 2.38 bits per heavy atom. The first-order valence-corrected chi connectivity index (χ1v) is 5.78. The molecule has 0 aromatic heterocycles. The summed E-state index contributed by atoms with van der Waals surface area (Å²) >= 11 is 0. The summed E-state index contributed by atoms with van der Waals surface area (Å²) in [5, 5.41) is 3.13. The number of hydrogen-bond donors (Lipinski definition) is 1. The minimum Gasteiger partial charge on any atom is -0.378 e. The molecule has 0 aliphatic rings. The van der Waals surface area contributed by atoms with E-state index < -0.39 is 0 Å². The molecule has 1 aromatic carbocycles. The molecule has 0 bridgehead atoms. The van der Waals surface area contributed by atoms with Crippen molar-refractivity contribution in [2.45, 2.75) is 33.6 Å². The third-order valence-electron chi connectivity index (χ3n) is 2.42. The van der Waals surface area contributed by atoms with Crippen molar-refractivity contribution in [2.75, 3.05) is 11.9 Å². The number of carbonyl (C=O) groups excluding carboxylic acids is 1. The van der Waals surface area contributed by atoms with E-state index in [4.69, 9.17) is 0 Å². The zero-order chi connectivity index (χ0) is 12.0. The molecular weight excluding hydrogens is 198 g/mol. The Morgan fingerprint density at radius 1 is 1.19 bits per heavy atom. The molecule has 1 rings (SSSR count). The van der Waals surface area contributed by atoms with Crippen molar-refractivity contribution < 1.29 is 4.79 Å². The molecule has 0 saturated heterocycles. The number of hydrogen-bond acceptors (Lipinski definition) is 2. The summed E-state index contributed by atoms with van der Waals surface area (Å²) < 4.78 is 0. The van der Waals surface area contributed by atoms with E-state index in [1.54, 1.807) is 0 Å². The Bertz CT molecular complexity index is 324. The van der Waals surface area contributed by atoms with Crippen LogP contribution in [0.4, 0.5) is 5.69 Å². The molecule has 0 fully saturated rings. The quantitative estimate of drug-likeness (QED) is 0.821. The minimum atomic E-state index is 0.238. The Balaban J connectivity index is 2.26. The molecular formula is C14H21NO. The maximum atomic E-state index is 11.6. The first kappa shape index (κ1) is 12.8. The fourth-order valence-corrected chi connectivity index (χ4v) is 1.36. The van der Waals surface area contributed by atoms with Crippen LogP contribution in [0.1, 0.15) is 33.6 Å². The Hall–Kier alpha value is -1.31. The number of benzene rings is 1. The minimum absolute atomic E-state index is 0.238. The van der Waals surface area contributed by atoms with Gasteiger partial charge in [-0.1, -0.05) is 39.0 Å². The zero-order valence-corrected chi connectivity index (χ0v) is 10.4. The number of anilines is 1. The summed E-state index contributed by atoms with van der Waals surface area (Å²) in [5.41, 5.74) is 1.24. The van der Waals surface area contributed by atoms with Crippen molar-refractivity contribution in [1.29, 1.82) is 0 Å². The number of ketones is 1. The van der Waals surface area contributed by atoms with E-state index in [0.717, 1.165) is 12.1 Å². The molecule has 1 N–H and O–H groups in total. The van der Waals surface area contributed by atoms with Crippen molar-refractivity contribution in [1.82, 2.24) is 0 Å². The van der Waals surface area contributed by atoms with Crippen molar-refractivity contribution in [3.63, 3.8) is 0 Å². The van der Waals surface area contributed by atoms with E-state index in [9.17, 15) is 4.79 Å². The molecule has 2 nitrogen and oxygen atoms in total. The molecule has 0 heterocycles. The third kappa shape index (κ3) is 5.54. The van der Waals surface area contributed by atoms with E-state index in [2.05, 4.69) is 26.1 Å². The van der Waals surface area contributed by atoms with Gasteiger partial charge in [0.05, 0.1) is 6.54 Å². The topological polar surface area (TPSA) is 29.1 Å². The van der Waals surface area contributed by atoms with E-state index in [1.165, 1.54) is 0 Å². The highest BCUT2D eigenvalue weighted by Crippen LogP contribution is 2.20. The van der Waals surface area contributed by atoms with Crippen LogP contribution in [-0.4, -0.2) is 12.3 Å². The van der Waals surface area contributed by atoms with Crippen molar-refractivity contribution >= 4 is 11.5 Å². The van der Waals surface area contributed by atoms with Crippen LogP contribution in [0, 0.1) is 5.41 Å². The van der Waals surface area contributed by atoms with Gasteiger partial charge >= 0.3 is 0 Å². The number of para-hydroxylation sites is 1. The van der Waals surface area contributed by atoms with Gasteiger partial charge in [-0.15, -0.1) is 0 Å². The van der Waals surface area contributed by atoms with Crippen molar-refractivity contribution in [3.05, 3.63) is 30.3 Å². The van der Waals surface area contributed by atoms with E-state index >= 15 is 0 Å². The SMILES string of the molecule is CC(C)(C)CCC(=O)CNc1ccccc1. The molecule has 0 aliphatic heterocycles. The van der Waals surface area contributed by atoms with Crippen LogP contribution in [0.5, 0.6) is 0 Å². The number of nitrogens with one attached hydrogen (secondary N) is 1. The average Bonchev–Trinajstić information content (AvgIpc) is 2.24. The molecule has 88 valence electrons. The van der Waals surface area contributed by atoms with Gasteiger partial charge in [0, 0.05) is 12.1 Å². The van der Waals surface area contributed by atoms with Crippen LogP contribution in [-0.2, 0) is 4.79 Å². The van der Waals surface area contributed by atoms with Crippen LogP contribution in [0.15, 0.2) is 30.3 Å². The predicted molar refractivity (Wildman–Crippen MR) is 68.6 cm³/mol. The monoisotopic (exact) mass is 219 g/mol. The van der Waals surface area contributed by atoms with Gasteiger partial charge in [-0.05, 0) is 24.0 Å². The van der Waals surface area contributed by atoms with Gasteiger partial charge in [0.15, 0.2) is 5.78 Å². The summed E-state index contributed by atoms with van der Waals surface area (Å²) in [4.78, 5) is 11.6. The maximum absolute atomic E-state index is 11.6. The van der Waals surface area contributed by atoms with Gasteiger partial charge in [0.1, 0.15) is 0 Å². The van der Waals surface area contributed by atoms with Crippen LogP contribution >= 0.6 is 0 Å². The van der Waals surface area contributed by atoms with Gasteiger partial charge in [-0.25, -0.2) is 0 Å². The molecule has 2 heteroatoms. The largest absolute Gasteiger partial charge is 0.378 e. The van der Waals surface area contributed by atoms with Crippen LogP contribution in [0.25, 0.3) is 0 Å². The highest BCUT2D eigenvalue weighted by molar-refractivity contribution is 5.82. The first-order valence-electron chi connectivity index (χ1n) is 5.78. The van der Waals surface area contributed by atoms with E-state index in [-0.39, 0.29) is 11.2 Å². The smallest absolute Gasteiger partial charge is 0.151 e. The van der Waals surface area contributed by atoms with Gasteiger partial charge < -0.3 is 5.32 Å². The second kappa shape index (κ2) is 5.69. The van der Waals surface area contributed by atoms with Crippen LogP contribution in [0.2, 0.25) is 0 Å². The fourth-order valence-electron chi connectivity index (χ4n) is 1.36. The van der Waals surface area contributed by atoms with Gasteiger partial charge in [0.2, 0.25) is 0 Å². The maximum Gasteiger partial charge on any atom is 0.151 e. The predicted octanol–water partition coefficient (Wildman–Crippen LogP) is 3.49. The fraction of sp³-hybridized carbons (Fsp3) is 0.500. The Labute approximate surface area is 98.1 Å². The van der Waals surface area contributed by atoms with Crippen LogP contribution < -0.4 is 5.32 Å². The summed E-state index contributed by atoms with van der Waals surface area (Å²) in [7, 11) is 0. The molecule has 0 unspecified atom stereocenters. The number of carbonyl (C=O) groups is 1. The highest BCUT2D eigenvalue weighted by atomic mass is 16.1. The number of Topliss-reactive ketones (excluding diaryl/α,β-unsaturated/α-hetero) is 1. The van der Waals surface area contributed by atoms with Crippen LogP contribution in [0.3, 0.4) is 0 Å². The Kier molecular flexibility index (Phi) is 4.53. The molecule has 0 radical (unpaired) electrons. The molecule has 16 heavy (non-hydrogen) atoms. The zero-order valence-electron chi connectivity index (χ0n) is 10.4. The molecule has 0 atom stereocenters. The summed E-state index contributed by atoms with van der Waals surface area (Å²) in [6, 6.07) is 9.82. The summed E-state index contributed by atoms with van der Waals surface area (Å²) in [6.45, 7) is 6.90. The third-order valence-corrected chi connectivity index (χ3v) is 2.42. The summed E-state index contributed by atoms with van der Waals surface area (Å²) in [6.07, 6.45) is 1.60. The van der Waals surface area contributed by atoms with E-state index in [0.29, 0.717) is 13.0 Å². The lowest BCUT2D eigenvalue weighted by molar-refractivity contribution is -0.117. The molecule has 1 aromatic rings. The van der Waals surface area contributed by atoms with Gasteiger partial charge in [-0.3, -0.25) is 4.79 Å².